The van der Waals surface area contributed by atoms with E-state index in [1.807, 2.05) is 6.07 Å². The van der Waals surface area contributed by atoms with Gasteiger partial charge in [0.05, 0.1) is 0 Å². The number of hydrogen-bond donors (Lipinski definition) is 0. The SMILES string of the molecule is COP(OC)c1cccc(CF)c1. The lowest BCUT2D eigenvalue weighted by atomic mass is 10.2. The van der Waals surface area contributed by atoms with E-state index in [0.717, 1.165) is 5.30 Å². The molecule has 13 heavy (non-hydrogen) atoms. The monoisotopic (exact) mass is 202 g/mol. The Labute approximate surface area is 78.6 Å². The van der Waals surface area contributed by atoms with Crippen molar-refractivity contribution in [3.8, 4) is 0 Å². The zero-order chi connectivity index (χ0) is 9.68. The van der Waals surface area contributed by atoms with Crippen LogP contribution < -0.4 is 5.30 Å². The van der Waals surface area contributed by atoms with E-state index in [1.165, 1.54) is 0 Å². The number of rotatable bonds is 4. The fourth-order valence-corrected chi connectivity index (χ4v) is 2.09. The summed E-state index contributed by atoms with van der Waals surface area (Å²) < 4.78 is 22.5. The number of hydrogen-bond acceptors (Lipinski definition) is 2. The van der Waals surface area contributed by atoms with Crippen LogP contribution in [-0.2, 0) is 15.7 Å². The van der Waals surface area contributed by atoms with E-state index in [4.69, 9.17) is 9.05 Å². The summed E-state index contributed by atoms with van der Waals surface area (Å²) in [6.45, 7) is -0.454. The van der Waals surface area contributed by atoms with Crippen molar-refractivity contribution in [3.05, 3.63) is 29.8 Å². The van der Waals surface area contributed by atoms with Crippen LogP contribution in [-0.4, -0.2) is 14.2 Å². The van der Waals surface area contributed by atoms with Crippen LogP contribution in [0.4, 0.5) is 4.39 Å². The smallest absolute Gasteiger partial charge is 0.204 e. The first-order valence-corrected chi connectivity index (χ1v) is 5.02. The van der Waals surface area contributed by atoms with E-state index in [2.05, 4.69) is 0 Å². The van der Waals surface area contributed by atoms with Crippen molar-refractivity contribution in [2.75, 3.05) is 14.2 Å². The number of benzene rings is 1. The normalized spacial score (nSPS) is 10.8. The second-order valence-corrected chi connectivity index (χ2v) is 4.19. The van der Waals surface area contributed by atoms with Gasteiger partial charge in [0.1, 0.15) is 6.67 Å². The Kier molecular flexibility index (Phi) is 4.29. The molecular weight excluding hydrogens is 190 g/mol. The van der Waals surface area contributed by atoms with Gasteiger partial charge >= 0.3 is 0 Å². The average molecular weight is 202 g/mol. The van der Waals surface area contributed by atoms with Crippen LogP contribution in [0.5, 0.6) is 0 Å². The Balaban J connectivity index is 2.86. The fraction of sp³-hybridized carbons (Fsp3) is 0.333. The summed E-state index contributed by atoms with van der Waals surface area (Å²) in [7, 11) is 2.12. The summed E-state index contributed by atoms with van der Waals surface area (Å²) in [6, 6.07) is 7.18. The molecule has 0 radical (unpaired) electrons. The van der Waals surface area contributed by atoms with Crippen molar-refractivity contribution in [2.45, 2.75) is 6.67 Å². The zero-order valence-electron chi connectivity index (χ0n) is 7.66. The molecule has 0 amide bonds. The highest BCUT2D eigenvalue weighted by Gasteiger charge is 2.09. The highest BCUT2D eigenvalue weighted by Crippen LogP contribution is 2.34. The van der Waals surface area contributed by atoms with Crippen LogP contribution in [0.1, 0.15) is 5.56 Å². The Hall–Kier alpha value is -0.500. The Morgan fingerprint density at radius 2 is 2.00 bits per heavy atom. The van der Waals surface area contributed by atoms with Gasteiger partial charge in [-0.3, -0.25) is 0 Å². The summed E-state index contributed by atoms with van der Waals surface area (Å²) in [6.07, 6.45) is 0. The second kappa shape index (κ2) is 5.28. The molecule has 0 N–H and O–H groups in total. The Morgan fingerprint density at radius 3 is 2.54 bits per heavy atom. The minimum absolute atomic E-state index is 0.454. The standard InChI is InChI=1S/C9H12FO2P/c1-11-13(12-2)9-5-3-4-8(6-9)7-10/h3-6H,7H2,1-2H3. The molecule has 0 aliphatic rings. The maximum absolute atomic E-state index is 12.3. The van der Waals surface area contributed by atoms with Gasteiger partial charge in [-0.2, -0.15) is 0 Å². The topological polar surface area (TPSA) is 18.5 Å². The summed E-state index contributed by atoms with van der Waals surface area (Å²) >= 11 is 0. The van der Waals surface area contributed by atoms with Gasteiger partial charge in [-0.05, 0) is 17.7 Å². The lowest BCUT2D eigenvalue weighted by Gasteiger charge is -2.12. The van der Waals surface area contributed by atoms with Crippen molar-refractivity contribution in [3.63, 3.8) is 0 Å². The molecule has 1 aromatic carbocycles. The minimum atomic E-state index is -1.04. The first kappa shape index (κ1) is 10.6. The Bertz CT molecular complexity index is 264. The fourth-order valence-electron chi connectivity index (χ4n) is 1.04. The maximum atomic E-state index is 12.3. The summed E-state index contributed by atoms with van der Waals surface area (Å²) in [5.74, 6) is 0. The van der Waals surface area contributed by atoms with E-state index >= 15 is 0 Å². The minimum Gasteiger partial charge on any atom is -0.334 e. The third-order valence-corrected chi connectivity index (χ3v) is 2.97. The van der Waals surface area contributed by atoms with Gasteiger partial charge in [0, 0.05) is 19.5 Å². The highest BCUT2D eigenvalue weighted by molar-refractivity contribution is 7.55. The zero-order valence-corrected chi connectivity index (χ0v) is 8.55. The third-order valence-electron chi connectivity index (χ3n) is 1.61. The molecule has 0 heterocycles. The molecule has 1 rings (SSSR count). The van der Waals surface area contributed by atoms with Crippen LogP contribution >= 0.6 is 8.38 Å². The predicted octanol–water partition coefficient (Wildman–Crippen LogP) is 2.39. The molecule has 0 bridgehead atoms. The van der Waals surface area contributed by atoms with Crippen LogP contribution in [0.15, 0.2) is 24.3 Å². The van der Waals surface area contributed by atoms with Gasteiger partial charge in [0.15, 0.2) is 0 Å². The van der Waals surface area contributed by atoms with Crippen LogP contribution in [0, 0.1) is 0 Å². The van der Waals surface area contributed by atoms with Gasteiger partial charge in [-0.1, -0.05) is 12.1 Å². The van der Waals surface area contributed by atoms with Crippen molar-refractivity contribution in [2.24, 2.45) is 0 Å². The largest absolute Gasteiger partial charge is 0.334 e. The van der Waals surface area contributed by atoms with Gasteiger partial charge < -0.3 is 9.05 Å². The van der Waals surface area contributed by atoms with Crippen LogP contribution in [0.3, 0.4) is 0 Å². The van der Waals surface area contributed by atoms with E-state index in [-0.39, 0.29) is 0 Å². The van der Waals surface area contributed by atoms with Crippen LogP contribution in [0.2, 0.25) is 0 Å². The molecule has 0 spiro atoms. The van der Waals surface area contributed by atoms with Crippen molar-refractivity contribution in [1.82, 2.24) is 0 Å². The first-order chi connectivity index (χ1) is 6.31. The summed E-state index contributed by atoms with van der Waals surface area (Å²) in [5.41, 5.74) is 0.652. The summed E-state index contributed by atoms with van der Waals surface area (Å²) in [5, 5.41) is 0.898. The molecule has 0 atom stereocenters. The Morgan fingerprint density at radius 1 is 1.31 bits per heavy atom. The predicted molar refractivity (Wildman–Crippen MR) is 51.8 cm³/mol. The van der Waals surface area contributed by atoms with Gasteiger partial charge in [0.2, 0.25) is 8.38 Å². The van der Waals surface area contributed by atoms with E-state index in [1.54, 1.807) is 32.4 Å². The third kappa shape index (κ3) is 2.73. The van der Waals surface area contributed by atoms with Crippen molar-refractivity contribution >= 4 is 13.7 Å². The molecule has 4 heteroatoms. The van der Waals surface area contributed by atoms with Crippen molar-refractivity contribution < 1.29 is 13.4 Å². The van der Waals surface area contributed by atoms with Crippen molar-refractivity contribution in [1.29, 1.82) is 0 Å². The maximum Gasteiger partial charge on any atom is 0.204 e. The molecule has 1 aromatic rings. The molecule has 0 fully saturated rings. The molecule has 2 nitrogen and oxygen atoms in total. The lowest BCUT2D eigenvalue weighted by Crippen LogP contribution is -2.03. The van der Waals surface area contributed by atoms with E-state index in [9.17, 15) is 4.39 Å². The molecule has 72 valence electrons. The molecule has 0 aromatic heterocycles. The first-order valence-electron chi connectivity index (χ1n) is 3.85. The average Bonchev–Trinajstić information content (AvgIpc) is 2.20. The molecule has 0 saturated heterocycles. The van der Waals surface area contributed by atoms with Gasteiger partial charge in [-0.15, -0.1) is 0 Å². The van der Waals surface area contributed by atoms with Gasteiger partial charge in [0.25, 0.3) is 0 Å². The molecule has 0 aliphatic carbocycles. The van der Waals surface area contributed by atoms with Gasteiger partial charge in [-0.25, -0.2) is 4.39 Å². The van der Waals surface area contributed by atoms with Crippen LogP contribution in [0.25, 0.3) is 0 Å². The molecule has 0 aliphatic heterocycles. The number of alkyl halides is 1. The molecule has 0 unspecified atom stereocenters. The van der Waals surface area contributed by atoms with E-state index in [0.29, 0.717) is 5.56 Å². The van der Waals surface area contributed by atoms with E-state index < -0.39 is 15.1 Å². The molecular formula is C9H12FO2P. The second-order valence-electron chi connectivity index (χ2n) is 2.43. The molecule has 0 saturated carbocycles. The summed E-state index contributed by atoms with van der Waals surface area (Å²) in [4.78, 5) is 0. The quantitative estimate of drug-likeness (QED) is 0.698. The highest BCUT2D eigenvalue weighted by atomic mass is 31.2. The number of halogens is 1. The lowest BCUT2D eigenvalue weighted by molar-refractivity contribution is 0.350.